The number of benzene rings is 1. The summed E-state index contributed by atoms with van der Waals surface area (Å²) in [6.45, 7) is 6.79. The minimum atomic E-state index is -1.80. The molecule has 2 heteroatoms. The van der Waals surface area contributed by atoms with Gasteiger partial charge >= 0.3 is 116 Å². The summed E-state index contributed by atoms with van der Waals surface area (Å²) in [6, 6.07) is 8.24. The average Bonchev–Trinajstić information content (AvgIpc) is 2.22. The van der Waals surface area contributed by atoms with Crippen molar-refractivity contribution >= 4 is 21.3 Å². The van der Waals surface area contributed by atoms with E-state index in [0.29, 0.717) is 0 Å². The topological polar surface area (TPSA) is 0 Å². The molecule has 0 heterocycles. The molecule has 0 saturated heterocycles. The summed E-state index contributed by atoms with van der Waals surface area (Å²) >= 11 is -1.80. The summed E-state index contributed by atoms with van der Waals surface area (Å²) in [7, 11) is -1.32. The van der Waals surface area contributed by atoms with Gasteiger partial charge in [0.2, 0.25) is 0 Å². The van der Waals surface area contributed by atoms with Crippen molar-refractivity contribution in [2.45, 2.75) is 36.9 Å². The van der Waals surface area contributed by atoms with Crippen molar-refractivity contribution < 1.29 is 0 Å². The fraction of sp³-hybridized carbons (Fsp3) is 0.375. The van der Waals surface area contributed by atoms with E-state index in [2.05, 4.69) is 71.2 Å². The molecule has 0 bridgehead atoms. The fourth-order valence-electron chi connectivity index (χ4n) is 1.21. The molecule has 94 valence electrons. The van der Waals surface area contributed by atoms with Crippen LogP contribution in [-0.4, -0.2) is 21.3 Å². The summed E-state index contributed by atoms with van der Waals surface area (Å²) in [6.07, 6.45) is 0. The maximum atomic E-state index is 3.46. The van der Waals surface area contributed by atoms with E-state index in [1.807, 2.05) is 12.1 Å². The molecular weight excluding hydrogens is 293 g/mol. The van der Waals surface area contributed by atoms with Crippen LogP contribution in [0.4, 0.5) is 0 Å². The summed E-state index contributed by atoms with van der Waals surface area (Å²) < 4.78 is 3.46. The zero-order valence-electron chi connectivity index (χ0n) is 12.3. The van der Waals surface area contributed by atoms with E-state index in [4.69, 9.17) is 0 Å². The molecule has 0 unspecified atom stereocenters. The van der Waals surface area contributed by atoms with Crippen molar-refractivity contribution in [3.8, 4) is 22.1 Å². The second kappa shape index (κ2) is 5.83. The zero-order chi connectivity index (χ0) is 13.8. The van der Waals surface area contributed by atoms with Gasteiger partial charge in [-0.25, -0.2) is 0 Å². The first-order valence-corrected chi connectivity index (χ1v) is 17.2. The maximum absolute atomic E-state index is 3.46. The molecule has 0 atom stereocenters. The SMILES string of the molecule is C[Si](C)(C)C#Cc1ccccc1C#[C][Ge]([CH3])([CH3])[CH3]. The molecular formula is C16H22GeSi. The molecule has 0 spiro atoms. The first-order valence-electron chi connectivity index (χ1n) is 6.33. The van der Waals surface area contributed by atoms with Gasteiger partial charge in [0.05, 0.1) is 0 Å². The molecule has 1 aromatic rings. The average molecular weight is 315 g/mol. The standard InChI is InChI=1S/C16H22GeSi/c1-17(2,3)13-11-15-9-7-8-10-16(15)12-14-18(4,5)6/h7-10H,1-6H3. The Morgan fingerprint density at radius 2 is 1.39 bits per heavy atom. The predicted octanol–water partition coefficient (Wildman–Crippen LogP) is 4.14. The Morgan fingerprint density at radius 3 is 1.83 bits per heavy atom. The van der Waals surface area contributed by atoms with Gasteiger partial charge in [-0.1, -0.05) is 0 Å². The van der Waals surface area contributed by atoms with Gasteiger partial charge in [-0.05, 0) is 0 Å². The predicted molar refractivity (Wildman–Crippen MR) is 86.9 cm³/mol. The van der Waals surface area contributed by atoms with Crippen LogP contribution in [0.2, 0.25) is 36.9 Å². The Bertz CT molecular complexity index is 486. The third-order valence-corrected chi connectivity index (χ3v) is 4.78. The van der Waals surface area contributed by atoms with Crippen LogP contribution in [0.3, 0.4) is 0 Å². The van der Waals surface area contributed by atoms with Crippen molar-refractivity contribution in [3.63, 3.8) is 0 Å². The van der Waals surface area contributed by atoms with Gasteiger partial charge in [0.1, 0.15) is 0 Å². The van der Waals surface area contributed by atoms with Gasteiger partial charge in [0, 0.05) is 0 Å². The first-order chi connectivity index (χ1) is 8.17. The summed E-state index contributed by atoms with van der Waals surface area (Å²) in [4.78, 5) is 0. The Kier molecular flexibility index (Phi) is 4.91. The van der Waals surface area contributed by atoms with Crippen LogP contribution in [0, 0.1) is 22.1 Å². The summed E-state index contributed by atoms with van der Waals surface area (Å²) in [5.74, 6) is 13.6. The first kappa shape index (κ1) is 15.2. The van der Waals surface area contributed by atoms with Gasteiger partial charge in [0.15, 0.2) is 0 Å². The van der Waals surface area contributed by atoms with Gasteiger partial charge in [-0.3, -0.25) is 0 Å². The van der Waals surface area contributed by atoms with Crippen LogP contribution in [0.25, 0.3) is 0 Å². The Hall–Kier alpha value is -0.900. The second-order valence-electron chi connectivity index (χ2n) is 6.55. The quantitative estimate of drug-likeness (QED) is 0.498. The normalized spacial score (nSPS) is 11.0. The number of hydrogen-bond donors (Lipinski definition) is 0. The molecule has 1 aromatic carbocycles. The van der Waals surface area contributed by atoms with E-state index in [9.17, 15) is 0 Å². The monoisotopic (exact) mass is 316 g/mol. The molecule has 0 aliphatic heterocycles. The fourth-order valence-corrected chi connectivity index (χ4v) is 2.79. The van der Waals surface area contributed by atoms with E-state index >= 15 is 0 Å². The number of hydrogen-bond acceptors (Lipinski definition) is 0. The van der Waals surface area contributed by atoms with Crippen LogP contribution in [-0.2, 0) is 0 Å². The van der Waals surface area contributed by atoms with Crippen LogP contribution >= 0.6 is 0 Å². The molecule has 0 nitrogen and oxygen atoms in total. The van der Waals surface area contributed by atoms with Crippen molar-refractivity contribution in [3.05, 3.63) is 35.4 Å². The van der Waals surface area contributed by atoms with Crippen molar-refractivity contribution in [2.24, 2.45) is 0 Å². The van der Waals surface area contributed by atoms with E-state index in [0.717, 1.165) is 11.1 Å². The third-order valence-electron chi connectivity index (χ3n) is 2.07. The van der Waals surface area contributed by atoms with Crippen molar-refractivity contribution in [1.82, 2.24) is 0 Å². The molecule has 18 heavy (non-hydrogen) atoms. The Balaban J connectivity index is 3.14. The molecule has 0 aromatic heterocycles. The van der Waals surface area contributed by atoms with Crippen molar-refractivity contribution in [2.75, 3.05) is 0 Å². The van der Waals surface area contributed by atoms with Gasteiger partial charge < -0.3 is 0 Å². The minimum absolute atomic E-state index is 1.08. The molecule has 0 aliphatic rings. The molecule has 0 fully saturated rings. The Labute approximate surface area is 116 Å². The molecule has 0 saturated carbocycles. The van der Waals surface area contributed by atoms with Crippen LogP contribution < -0.4 is 0 Å². The van der Waals surface area contributed by atoms with E-state index in [-0.39, 0.29) is 0 Å². The zero-order valence-corrected chi connectivity index (χ0v) is 15.4. The van der Waals surface area contributed by atoms with Crippen LogP contribution in [0.15, 0.2) is 24.3 Å². The van der Waals surface area contributed by atoms with Gasteiger partial charge in [-0.2, -0.15) is 0 Å². The molecule has 0 amide bonds. The second-order valence-corrected chi connectivity index (χ2v) is 21.3. The summed E-state index contributed by atoms with van der Waals surface area (Å²) in [5.41, 5.74) is 5.58. The molecule has 0 N–H and O–H groups in total. The van der Waals surface area contributed by atoms with E-state index in [1.165, 1.54) is 0 Å². The van der Waals surface area contributed by atoms with Crippen LogP contribution in [0.1, 0.15) is 11.1 Å². The van der Waals surface area contributed by atoms with Gasteiger partial charge in [0.25, 0.3) is 0 Å². The van der Waals surface area contributed by atoms with Crippen LogP contribution in [0.5, 0.6) is 0 Å². The number of rotatable bonds is 0. The Morgan fingerprint density at radius 1 is 0.889 bits per heavy atom. The van der Waals surface area contributed by atoms with Gasteiger partial charge in [-0.15, -0.1) is 0 Å². The molecule has 0 aliphatic carbocycles. The van der Waals surface area contributed by atoms with Crippen molar-refractivity contribution in [1.29, 1.82) is 0 Å². The third kappa shape index (κ3) is 6.15. The molecule has 0 radical (unpaired) electrons. The summed E-state index contributed by atoms with van der Waals surface area (Å²) in [5, 5.41) is 0. The molecule has 1 rings (SSSR count). The van der Waals surface area contributed by atoms with E-state index in [1.54, 1.807) is 0 Å². The van der Waals surface area contributed by atoms with E-state index < -0.39 is 21.3 Å².